The molecule has 0 aliphatic heterocycles. The first-order chi connectivity index (χ1) is 18.8. The summed E-state index contributed by atoms with van der Waals surface area (Å²) in [4.78, 5) is 36.9. The Morgan fingerprint density at radius 1 is 1.10 bits per heavy atom. The molecule has 8 heteroatoms. The maximum atomic E-state index is 14.1. The number of carbonyl (C=O) groups excluding carboxylic acids is 1. The number of ketones is 1. The first kappa shape index (κ1) is 28.9. The van der Waals surface area contributed by atoms with Crippen molar-refractivity contribution in [2.75, 3.05) is 6.67 Å². The second kappa shape index (κ2) is 13.3. The van der Waals surface area contributed by atoms with Crippen LogP contribution < -0.4 is 10.4 Å². The third kappa shape index (κ3) is 7.33. The van der Waals surface area contributed by atoms with Gasteiger partial charge in [-0.2, -0.15) is 4.98 Å². The predicted octanol–water partition coefficient (Wildman–Crippen LogP) is 7.53. The van der Waals surface area contributed by atoms with Crippen LogP contribution >= 0.6 is 11.6 Å². The number of nitrogens with one attached hydrogen (secondary N) is 1. The average molecular weight is 554 g/mol. The van der Waals surface area contributed by atoms with Crippen LogP contribution in [-0.2, 0) is 11.2 Å². The molecule has 1 fully saturated rings. The van der Waals surface area contributed by atoms with Crippen LogP contribution in [0.25, 0.3) is 22.8 Å². The smallest absolute Gasteiger partial charge is 0.348 e. The molecule has 0 spiro atoms. The Balaban J connectivity index is 1.53. The molecule has 1 N–H and O–H groups in total. The van der Waals surface area contributed by atoms with E-state index in [0.29, 0.717) is 41.2 Å². The second-order valence-corrected chi connectivity index (χ2v) is 11.0. The van der Waals surface area contributed by atoms with E-state index in [1.807, 2.05) is 43.3 Å². The number of aryl methyl sites for hydroxylation is 1. The lowest BCUT2D eigenvalue weighted by Crippen LogP contribution is -2.33. The van der Waals surface area contributed by atoms with E-state index in [9.17, 15) is 14.0 Å². The largest absolute Gasteiger partial charge is 0.491 e. The van der Waals surface area contributed by atoms with Gasteiger partial charge >= 0.3 is 5.69 Å². The fourth-order valence-corrected chi connectivity index (χ4v) is 5.55. The number of Topliss-reactive ketones (excluding diaryl/α,β-unsaturated/α-hetero) is 1. The van der Waals surface area contributed by atoms with Crippen molar-refractivity contribution in [2.24, 2.45) is 5.41 Å². The highest BCUT2D eigenvalue weighted by Gasteiger charge is 2.37. The van der Waals surface area contributed by atoms with Crippen LogP contribution in [0.3, 0.4) is 0 Å². The summed E-state index contributed by atoms with van der Waals surface area (Å²) >= 11 is 6.51. The molecule has 0 saturated heterocycles. The molecule has 1 aliphatic rings. The summed E-state index contributed by atoms with van der Waals surface area (Å²) < 4.78 is 20.0. The third-order valence-electron chi connectivity index (χ3n) is 7.63. The fourth-order valence-electron chi connectivity index (χ4n) is 5.35. The van der Waals surface area contributed by atoms with E-state index in [-0.39, 0.29) is 24.1 Å². The molecule has 0 amide bonds. The van der Waals surface area contributed by atoms with Crippen molar-refractivity contribution in [3.8, 4) is 28.5 Å². The van der Waals surface area contributed by atoms with E-state index in [2.05, 4.69) is 21.9 Å². The predicted molar refractivity (Wildman–Crippen MR) is 153 cm³/mol. The number of hydrogen-bond acceptors (Lipinski definition) is 5. The first-order valence-corrected chi connectivity index (χ1v) is 14.3. The van der Waals surface area contributed by atoms with Crippen molar-refractivity contribution in [3.63, 3.8) is 0 Å². The highest BCUT2D eigenvalue weighted by atomic mass is 35.5. The molecule has 6 nitrogen and oxygen atoms in total. The Morgan fingerprint density at radius 3 is 2.49 bits per heavy atom. The number of benzene rings is 2. The summed E-state index contributed by atoms with van der Waals surface area (Å²) in [7, 11) is 0. The van der Waals surface area contributed by atoms with Crippen LogP contribution in [0.4, 0.5) is 4.39 Å². The third-order valence-corrected chi connectivity index (χ3v) is 7.96. The topological polar surface area (TPSA) is 84.9 Å². The van der Waals surface area contributed by atoms with E-state index >= 15 is 0 Å². The van der Waals surface area contributed by atoms with Crippen LogP contribution in [-0.4, -0.2) is 33.5 Å². The van der Waals surface area contributed by atoms with Crippen LogP contribution in [0.2, 0.25) is 5.02 Å². The monoisotopic (exact) mass is 553 g/mol. The van der Waals surface area contributed by atoms with Gasteiger partial charge in [0.1, 0.15) is 24.0 Å². The van der Waals surface area contributed by atoms with Gasteiger partial charge in [-0.1, -0.05) is 56.7 Å². The highest BCUT2D eigenvalue weighted by molar-refractivity contribution is 6.33. The lowest BCUT2D eigenvalue weighted by Gasteiger charge is -2.28. The van der Waals surface area contributed by atoms with Gasteiger partial charge in [0.15, 0.2) is 5.82 Å². The van der Waals surface area contributed by atoms with Gasteiger partial charge < -0.3 is 4.74 Å². The molecule has 3 aromatic rings. The molecule has 1 saturated carbocycles. The lowest BCUT2D eigenvalue weighted by atomic mass is 9.76. The Hall–Kier alpha value is -3.06. The normalized spacial score (nSPS) is 15.9. The number of aromatic amines is 1. The van der Waals surface area contributed by atoms with Crippen molar-refractivity contribution < 1.29 is 13.9 Å². The number of alkyl halides is 1. The maximum absolute atomic E-state index is 14.1. The van der Waals surface area contributed by atoms with Gasteiger partial charge in [-0.15, -0.1) is 0 Å². The summed E-state index contributed by atoms with van der Waals surface area (Å²) in [5, 5.41) is 0.419. The minimum absolute atomic E-state index is 0.00218. The number of carbonyl (C=O) groups is 1. The summed E-state index contributed by atoms with van der Waals surface area (Å²) in [6.45, 7) is 3.56. The van der Waals surface area contributed by atoms with E-state index in [0.717, 1.165) is 49.8 Å². The summed E-state index contributed by atoms with van der Waals surface area (Å²) in [6.07, 6.45) is 8.03. The number of aromatic nitrogens is 3. The number of nitrogens with zero attached hydrogens (tertiary/aromatic N) is 2. The minimum Gasteiger partial charge on any atom is -0.491 e. The number of ether oxygens (including phenoxy) is 1. The number of hydrogen-bond donors (Lipinski definition) is 1. The second-order valence-electron chi connectivity index (χ2n) is 10.6. The zero-order valence-corrected chi connectivity index (χ0v) is 23.5. The molecule has 0 bridgehead atoms. The number of H-pyrrole nitrogens is 1. The van der Waals surface area contributed by atoms with E-state index in [4.69, 9.17) is 16.3 Å². The van der Waals surface area contributed by atoms with Gasteiger partial charge in [-0.3, -0.25) is 14.2 Å². The average Bonchev–Trinajstić information content (AvgIpc) is 3.19. The quantitative estimate of drug-likeness (QED) is 0.248. The first-order valence-electron chi connectivity index (χ1n) is 14.0. The van der Waals surface area contributed by atoms with Gasteiger partial charge in [-0.25, -0.2) is 9.78 Å². The van der Waals surface area contributed by atoms with Crippen molar-refractivity contribution in [1.29, 1.82) is 0 Å². The Labute approximate surface area is 234 Å². The van der Waals surface area contributed by atoms with Crippen LogP contribution in [0.15, 0.2) is 47.3 Å². The van der Waals surface area contributed by atoms with Crippen LogP contribution in [0.1, 0.15) is 77.2 Å². The zero-order chi connectivity index (χ0) is 27.8. The van der Waals surface area contributed by atoms with Crippen LogP contribution in [0.5, 0.6) is 5.75 Å². The van der Waals surface area contributed by atoms with Crippen LogP contribution in [0, 0.1) is 5.41 Å². The molecule has 1 atom stereocenters. The summed E-state index contributed by atoms with van der Waals surface area (Å²) in [6, 6.07) is 12.8. The van der Waals surface area contributed by atoms with Gasteiger partial charge in [-0.05, 0) is 74.6 Å². The van der Waals surface area contributed by atoms with E-state index in [1.54, 1.807) is 6.07 Å². The molecular formula is C31H37ClFN3O3. The fraction of sp³-hybridized carbons (Fsp3) is 0.484. The number of halogens is 2. The molecule has 4 rings (SSSR count). The van der Waals surface area contributed by atoms with Crippen molar-refractivity contribution in [2.45, 2.75) is 84.2 Å². The molecule has 2 aromatic carbocycles. The van der Waals surface area contributed by atoms with Gasteiger partial charge in [0, 0.05) is 17.5 Å². The standard InChI is InChI=1S/C31H37ClFN3O3/c1-3-8-21(2)39-24-13-11-23(12-14-24)28-34-29(36-30(38)35-28)25-19-22(9-15-26(25)32)10-16-27(37)31(20-33)17-6-4-5-7-18-31/h9,11-15,19,21H,3-8,10,16-18,20H2,1-2H3,(H,34,35,36,38)/t21-/m1/s1. The van der Waals surface area contributed by atoms with Crippen molar-refractivity contribution in [3.05, 3.63) is 63.5 Å². The Kier molecular flexibility index (Phi) is 9.89. The molecule has 0 radical (unpaired) electrons. The lowest BCUT2D eigenvalue weighted by molar-refractivity contribution is -0.130. The SMILES string of the molecule is CCC[C@@H](C)Oc1ccc(-c2nc(-c3cc(CCC(=O)C4(CF)CCCCCC4)ccc3Cl)[nH]c(=O)n2)cc1. The van der Waals surface area contributed by atoms with E-state index < -0.39 is 17.8 Å². The summed E-state index contributed by atoms with van der Waals surface area (Å²) in [5.74, 6) is 1.31. The van der Waals surface area contributed by atoms with Gasteiger partial charge in [0.05, 0.1) is 16.5 Å². The van der Waals surface area contributed by atoms with Gasteiger partial charge in [0.25, 0.3) is 0 Å². The molecular weight excluding hydrogens is 517 g/mol. The number of rotatable bonds is 11. The molecule has 1 aliphatic carbocycles. The molecule has 39 heavy (non-hydrogen) atoms. The van der Waals surface area contributed by atoms with Crippen molar-refractivity contribution in [1.82, 2.24) is 15.0 Å². The molecule has 0 unspecified atom stereocenters. The van der Waals surface area contributed by atoms with Crippen molar-refractivity contribution >= 4 is 17.4 Å². The molecule has 208 valence electrons. The highest BCUT2D eigenvalue weighted by Crippen LogP contribution is 2.38. The molecule has 1 aromatic heterocycles. The Bertz CT molecular complexity index is 1320. The Morgan fingerprint density at radius 2 is 1.82 bits per heavy atom. The minimum atomic E-state index is -0.840. The van der Waals surface area contributed by atoms with E-state index in [1.165, 1.54) is 0 Å². The maximum Gasteiger partial charge on any atom is 0.348 e. The zero-order valence-electron chi connectivity index (χ0n) is 22.8. The van der Waals surface area contributed by atoms with Gasteiger partial charge in [0.2, 0.25) is 0 Å². The molecule has 1 heterocycles. The summed E-state index contributed by atoms with van der Waals surface area (Å²) in [5.41, 5.74) is 0.713.